The van der Waals surface area contributed by atoms with Crippen LogP contribution in [0.1, 0.15) is 64.2 Å². The van der Waals surface area contributed by atoms with Gasteiger partial charge in [0.15, 0.2) is 0 Å². The van der Waals surface area contributed by atoms with Gasteiger partial charge < -0.3 is 9.84 Å². The molecule has 14 heteroatoms. The standard InChI is InChI=1S/C24H38N2O12/c27-23(28)22-18(4-2-6-21(22)26(32)33)24(29)35-11-15-7-9-16(10-8-15)12-37-38-13-17-3-1-5-20(25(30)31)19(17)14-36-34/h15-22,34H,1-14H2,(H,27,28). The van der Waals surface area contributed by atoms with Crippen molar-refractivity contribution < 1.29 is 49.2 Å². The highest BCUT2D eigenvalue weighted by atomic mass is 17.2. The van der Waals surface area contributed by atoms with Crippen LogP contribution in [-0.2, 0) is 29.0 Å². The SMILES string of the molecule is O=C(OCC1CCC(COOCC2CCCC([N+](=O)[O-])C2COO)CC1)C1CCCC([N+](=O)[O-])C1C(=O)O. The number of carboxylic acids is 1. The number of carbonyl (C=O) groups excluding carboxylic acids is 1. The van der Waals surface area contributed by atoms with E-state index in [9.17, 15) is 34.9 Å². The molecule has 38 heavy (non-hydrogen) atoms. The van der Waals surface area contributed by atoms with Gasteiger partial charge in [0.1, 0.15) is 5.92 Å². The van der Waals surface area contributed by atoms with Crippen LogP contribution in [0.5, 0.6) is 0 Å². The molecule has 0 aliphatic heterocycles. The predicted molar refractivity (Wildman–Crippen MR) is 128 cm³/mol. The van der Waals surface area contributed by atoms with Gasteiger partial charge in [0.25, 0.3) is 0 Å². The molecule has 0 radical (unpaired) electrons. The molecule has 3 fully saturated rings. The van der Waals surface area contributed by atoms with Crippen LogP contribution in [0.4, 0.5) is 0 Å². The highest BCUT2D eigenvalue weighted by Gasteiger charge is 2.49. The fraction of sp³-hybridized carbons (Fsp3) is 0.917. The zero-order valence-corrected chi connectivity index (χ0v) is 21.4. The number of ether oxygens (including phenoxy) is 1. The van der Waals surface area contributed by atoms with Gasteiger partial charge in [-0.3, -0.25) is 35.1 Å². The van der Waals surface area contributed by atoms with Gasteiger partial charge in [-0.25, -0.2) is 14.7 Å². The molecular formula is C24H38N2O12. The maximum Gasteiger partial charge on any atom is 0.314 e. The molecule has 0 heterocycles. The lowest BCUT2D eigenvalue weighted by Crippen LogP contribution is -2.46. The molecule has 0 bridgehead atoms. The van der Waals surface area contributed by atoms with Crippen molar-refractivity contribution in [1.29, 1.82) is 0 Å². The summed E-state index contributed by atoms with van der Waals surface area (Å²) in [6, 6.07) is -2.06. The average molecular weight is 547 g/mol. The van der Waals surface area contributed by atoms with E-state index in [1.807, 2.05) is 0 Å². The van der Waals surface area contributed by atoms with E-state index in [0.717, 1.165) is 32.1 Å². The fourth-order valence-electron chi connectivity index (χ4n) is 6.30. The number of hydrogen-bond acceptors (Lipinski definition) is 11. The highest BCUT2D eigenvalue weighted by molar-refractivity contribution is 5.81. The number of nitro groups is 2. The van der Waals surface area contributed by atoms with Crippen LogP contribution in [0.15, 0.2) is 0 Å². The van der Waals surface area contributed by atoms with Gasteiger partial charge in [-0.15, -0.1) is 0 Å². The molecule has 0 aromatic rings. The van der Waals surface area contributed by atoms with Gasteiger partial charge in [-0.2, -0.15) is 0 Å². The third-order valence-corrected chi connectivity index (χ3v) is 8.53. The van der Waals surface area contributed by atoms with E-state index in [0.29, 0.717) is 25.9 Å². The van der Waals surface area contributed by atoms with Crippen molar-refractivity contribution >= 4 is 11.9 Å². The summed E-state index contributed by atoms with van der Waals surface area (Å²) in [6.45, 7) is 0.577. The molecule has 2 N–H and O–H groups in total. The molecule has 216 valence electrons. The second-order valence-corrected chi connectivity index (χ2v) is 10.8. The van der Waals surface area contributed by atoms with Gasteiger partial charge >= 0.3 is 11.9 Å². The number of carbonyl (C=O) groups is 2. The molecule has 0 saturated heterocycles. The first-order valence-electron chi connectivity index (χ1n) is 13.4. The van der Waals surface area contributed by atoms with E-state index in [4.69, 9.17) is 19.8 Å². The van der Waals surface area contributed by atoms with Crippen molar-refractivity contribution in [1.82, 2.24) is 0 Å². The summed E-state index contributed by atoms with van der Waals surface area (Å²) in [6.07, 6.45) is 5.91. The Hall–Kier alpha value is -2.42. The summed E-state index contributed by atoms with van der Waals surface area (Å²) in [5, 5.41) is 40.9. The minimum atomic E-state index is -1.37. The average Bonchev–Trinajstić information content (AvgIpc) is 2.90. The van der Waals surface area contributed by atoms with Gasteiger partial charge in [0.05, 0.1) is 38.3 Å². The summed E-state index contributed by atoms with van der Waals surface area (Å²) < 4.78 is 5.43. The Morgan fingerprint density at radius 3 is 1.95 bits per heavy atom. The van der Waals surface area contributed by atoms with Crippen LogP contribution in [-0.4, -0.2) is 70.7 Å². The normalized spacial score (nSPS) is 33.8. The van der Waals surface area contributed by atoms with Crippen LogP contribution < -0.4 is 0 Å². The first-order valence-corrected chi connectivity index (χ1v) is 13.4. The first-order chi connectivity index (χ1) is 18.2. The van der Waals surface area contributed by atoms with Gasteiger partial charge in [-0.05, 0) is 69.1 Å². The molecule has 3 aliphatic rings. The lowest BCUT2D eigenvalue weighted by molar-refractivity contribution is -0.541. The molecule has 0 spiro atoms. The van der Waals surface area contributed by atoms with E-state index in [2.05, 4.69) is 4.89 Å². The molecule has 3 saturated carbocycles. The monoisotopic (exact) mass is 546 g/mol. The van der Waals surface area contributed by atoms with Crippen molar-refractivity contribution in [3.8, 4) is 0 Å². The third-order valence-electron chi connectivity index (χ3n) is 8.53. The first kappa shape index (κ1) is 30.1. The summed E-state index contributed by atoms with van der Waals surface area (Å²) in [5.41, 5.74) is 0. The Kier molecular flexibility index (Phi) is 11.6. The van der Waals surface area contributed by atoms with E-state index >= 15 is 0 Å². The molecule has 0 aromatic carbocycles. The van der Waals surface area contributed by atoms with Crippen molar-refractivity contribution in [3.63, 3.8) is 0 Å². The quantitative estimate of drug-likeness (QED) is 0.113. The maximum absolute atomic E-state index is 12.6. The predicted octanol–water partition coefficient (Wildman–Crippen LogP) is 2.98. The number of esters is 1. The second kappa shape index (κ2) is 14.7. The van der Waals surface area contributed by atoms with E-state index in [1.54, 1.807) is 0 Å². The fourth-order valence-corrected chi connectivity index (χ4v) is 6.30. The lowest BCUT2D eigenvalue weighted by Gasteiger charge is -2.32. The molecule has 0 aromatic heterocycles. The van der Waals surface area contributed by atoms with Gasteiger partial charge in [0, 0.05) is 22.7 Å². The number of rotatable bonds is 13. The highest BCUT2D eigenvalue weighted by Crippen LogP contribution is 2.35. The molecule has 3 aliphatic carbocycles. The minimum Gasteiger partial charge on any atom is -0.481 e. The minimum absolute atomic E-state index is 0.120. The zero-order chi connectivity index (χ0) is 27.7. The zero-order valence-electron chi connectivity index (χ0n) is 21.4. The van der Waals surface area contributed by atoms with Crippen molar-refractivity contribution in [2.75, 3.05) is 26.4 Å². The van der Waals surface area contributed by atoms with Crippen molar-refractivity contribution in [2.24, 2.45) is 35.5 Å². The van der Waals surface area contributed by atoms with Gasteiger partial charge in [0.2, 0.25) is 12.1 Å². The number of carboxylic acid groups (broad SMARTS) is 1. The van der Waals surface area contributed by atoms with Crippen molar-refractivity contribution in [3.05, 3.63) is 20.2 Å². The Morgan fingerprint density at radius 1 is 0.763 bits per heavy atom. The Labute approximate surface area is 220 Å². The Balaban J connectivity index is 1.35. The van der Waals surface area contributed by atoms with Crippen LogP contribution in [0.2, 0.25) is 0 Å². The largest absolute Gasteiger partial charge is 0.481 e. The molecule has 6 unspecified atom stereocenters. The van der Waals surface area contributed by atoms with Crippen molar-refractivity contribution in [2.45, 2.75) is 76.3 Å². The Bertz CT molecular complexity index is 818. The van der Waals surface area contributed by atoms with E-state index < -0.39 is 46.7 Å². The maximum atomic E-state index is 12.6. The molecule has 14 nitrogen and oxygen atoms in total. The topological polar surface area (TPSA) is 198 Å². The van der Waals surface area contributed by atoms with Crippen LogP contribution in [0.3, 0.4) is 0 Å². The second-order valence-electron chi connectivity index (χ2n) is 10.8. The Morgan fingerprint density at radius 2 is 1.34 bits per heavy atom. The van der Waals surface area contributed by atoms with Crippen LogP contribution >= 0.6 is 0 Å². The third kappa shape index (κ3) is 8.04. The summed E-state index contributed by atoms with van der Waals surface area (Å²) in [4.78, 5) is 60.9. The van der Waals surface area contributed by atoms with Gasteiger partial charge in [-0.1, -0.05) is 0 Å². The molecular weight excluding hydrogens is 508 g/mol. The lowest BCUT2D eigenvalue weighted by atomic mass is 9.76. The molecule has 0 amide bonds. The van der Waals surface area contributed by atoms with Crippen LogP contribution in [0.25, 0.3) is 0 Å². The van der Waals surface area contributed by atoms with Crippen LogP contribution in [0, 0.1) is 55.7 Å². The number of aliphatic carboxylic acids is 1. The molecule has 6 atom stereocenters. The number of nitrogens with zero attached hydrogens (tertiary/aromatic N) is 2. The van der Waals surface area contributed by atoms with E-state index in [1.165, 1.54) is 0 Å². The summed E-state index contributed by atoms with van der Waals surface area (Å²) >= 11 is 0. The molecule has 3 rings (SSSR count). The smallest absolute Gasteiger partial charge is 0.314 e. The summed E-state index contributed by atoms with van der Waals surface area (Å²) in [5.74, 6) is -4.62. The summed E-state index contributed by atoms with van der Waals surface area (Å²) in [7, 11) is 0. The van der Waals surface area contributed by atoms with E-state index in [-0.39, 0.29) is 55.3 Å². The number of hydrogen-bond donors (Lipinski definition) is 2.